The number of benzene rings is 2. The molecule has 2 aromatic carbocycles. The fourth-order valence-electron chi connectivity index (χ4n) is 2.73. The molecule has 3 rings (SSSR count). The third-order valence-corrected chi connectivity index (χ3v) is 5.60. The van der Waals surface area contributed by atoms with Gasteiger partial charge in [-0.15, -0.1) is 0 Å². The van der Waals surface area contributed by atoms with Crippen LogP contribution in [0.2, 0.25) is 0 Å². The number of amides is 1. The van der Waals surface area contributed by atoms with Crippen molar-refractivity contribution in [1.29, 1.82) is 0 Å². The molecular weight excluding hydrogens is 358 g/mol. The summed E-state index contributed by atoms with van der Waals surface area (Å²) in [4.78, 5) is 12.3. The van der Waals surface area contributed by atoms with Gasteiger partial charge in [0.25, 0.3) is 5.91 Å². The van der Waals surface area contributed by atoms with Gasteiger partial charge in [-0.05, 0) is 42.7 Å². The first kappa shape index (κ1) is 19.1. The van der Waals surface area contributed by atoms with Crippen LogP contribution in [0.25, 0.3) is 0 Å². The van der Waals surface area contributed by atoms with Crippen LogP contribution >= 0.6 is 0 Å². The highest BCUT2D eigenvalue weighted by atomic mass is 32.2. The highest BCUT2D eigenvalue weighted by Gasteiger charge is 2.13. The summed E-state index contributed by atoms with van der Waals surface area (Å²) < 4.78 is 17.9. The molecule has 1 amide bonds. The Morgan fingerprint density at radius 3 is 2.44 bits per heavy atom. The van der Waals surface area contributed by atoms with Crippen molar-refractivity contribution in [3.63, 3.8) is 0 Å². The van der Waals surface area contributed by atoms with Crippen LogP contribution in [0.1, 0.15) is 38.6 Å². The average molecular weight is 381 g/mol. The second-order valence-corrected chi connectivity index (χ2v) is 8.05. The molecule has 0 radical (unpaired) electrons. The van der Waals surface area contributed by atoms with Crippen LogP contribution in [0.4, 0.5) is 0 Å². The Balaban J connectivity index is 1.54. The lowest BCUT2D eigenvalue weighted by atomic mass is 10.1. The van der Waals surface area contributed by atoms with E-state index in [1.54, 1.807) is 12.1 Å². The molecular formula is C22H23NO3S. The first-order valence-corrected chi connectivity index (χ1v) is 10.3. The molecule has 0 fully saturated rings. The minimum Gasteiger partial charge on any atom is -0.455 e. The van der Waals surface area contributed by atoms with Gasteiger partial charge in [-0.2, -0.15) is 0 Å². The van der Waals surface area contributed by atoms with Gasteiger partial charge in [0.15, 0.2) is 5.76 Å². The number of aryl methyl sites for hydroxylation is 2. The summed E-state index contributed by atoms with van der Waals surface area (Å²) in [6.07, 6.45) is 0. The van der Waals surface area contributed by atoms with Gasteiger partial charge in [-0.1, -0.05) is 54.1 Å². The van der Waals surface area contributed by atoms with Gasteiger partial charge in [0.1, 0.15) is 5.76 Å². The second kappa shape index (κ2) is 8.82. The van der Waals surface area contributed by atoms with Crippen LogP contribution in [0.3, 0.4) is 0 Å². The summed E-state index contributed by atoms with van der Waals surface area (Å²) in [7, 11) is -1.09. The number of rotatable bonds is 7. The number of carbonyl (C=O) groups is 1. The van der Waals surface area contributed by atoms with Crippen molar-refractivity contribution in [2.45, 2.75) is 31.9 Å². The molecule has 0 saturated heterocycles. The van der Waals surface area contributed by atoms with Crippen molar-refractivity contribution in [3.8, 4) is 0 Å². The first-order valence-electron chi connectivity index (χ1n) is 8.83. The topological polar surface area (TPSA) is 59.3 Å². The predicted octanol–water partition coefficient (Wildman–Crippen LogP) is 4.28. The van der Waals surface area contributed by atoms with Crippen LogP contribution in [0.5, 0.6) is 0 Å². The summed E-state index contributed by atoms with van der Waals surface area (Å²) in [6, 6.07) is 19.2. The lowest BCUT2D eigenvalue weighted by molar-refractivity contribution is 0.0921. The molecule has 1 heterocycles. The lowest BCUT2D eigenvalue weighted by Gasteiger charge is -2.06. The van der Waals surface area contributed by atoms with E-state index in [9.17, 15) is 9.00 Å². The van der Waals surface area contributed by atoms with E-state index in [0.29, 0.717) is 23.8 Å². The van der Waals surface area contributed by atoms with Crippen LogP contribution in [0, 0.1) is 13.8 Å². The molecule has 27 heavy (non-hydrogen) atoms. The Bertz CT molecular complexity index is 944. The summed E-state index contributed by atoms with van der Waals surface area (Å²) in [5.74, 6) is 1.29. The number of carbonyl (C=O) groups excluding carboxylic acids is 1. The van der Waals surface area contributed by atoms with Crippen LogP contribution in [-0.2, 0) is 28.9 Å². The maximum atomic E-state index is 12.3. The third kappa shape index (κ3) is 5.41. The van der Waals surface area contributed by atoms with Crippen LogP contribution < -0.4 is 5.32 Å². The fourth-order valence-corrected chi connectivity index (χ4v) is 3.87. The van der Waals surface area contributed by atoms with Crippen molar-refractivity contribution in [3.05, 3.63) is 94.4 Å². The second-order valence-electron chi connectivity index (χ2n) is 6.59. The molecule has 0 aliphatic rings. The predicted molar refractivity (Wildman–Crippen MR) is 108 cm³/mol. The van der Waals surface area contributed by atoms with E-state index in [2.05, 4.69) is 5.32 Å². The summed E-state index contributed by atoms with van der Waals surface area (Å²) in [5.41, 5.74) is 4.40. The number of hydrogen-bond donors (Lipinski definition) is 1. The Morgan fingerprint density at radius 1 is 0.963 bits per heavy atom. The van der Waals surface area contributed by atoms with Gasteiger partial charge in [-0.25, -0.2) is 0 Å². The van der Waals surface area contributed by atoms with E-state index in [4.69, 9.17) is 4.42 Å². The molecule has 0 aliphatic carbocycles. The van der Waals surface area contributed by atoms with Crippen molar-refractivity contribution >= 4 is 16.7 Å². The van der Waals surface area contributed by atoms with E-state index < -0.39 is 10.8 Å². The maximum absolute atomic E-state index is 12.3. The number of nitrogens with one attached hydrogen (secondary N) is 1. The molecule has 5 heteroatoms. The van der Waals surface area contributed by atoms with Gasteiger partial charge in [-0.3, -0.25) is 9.00 Å². The molecule has 1 aromatic heterocycles. The first-order chi connectivity index (χ1) is 13.0. The minimum atomic E-state index is -1.09. The van der Waals surface area contributed by atoms with Crippen molar-refractivity contribution in [2.75, 3.05) is 0 Å². The zero-order valence-electron chi connectivity index (χ0n) is 15.5. The monoisotopic (exact) mass is 381 g/mol. The average Bonchev–Trinajstić information content (AvgIpc) is 3.11. The van der Waals surface area contributed by atoms with Gasteiger partial charge in [0, 0.05) is 23.1 Å². The Morgan fingerprint density at radius 2 is 1.70 bits per heavy atom. The molecule has 4 nitrogen and oxygen atoms in total. The minimum absolute atomic E-state index is 0.242. The molecule has 1 unspecified atom stereocenters. The van der Waals surface area contributed by atoms with Crippen LogP contribution in [0.15, 0.2) is 65.1 Å². The largest absolute Gasteiger partial charge is 0.455 e. The van der Waals surface area contributed by atoms with E-state index in [1.807, 2.05) is 62.4 Å². The SMILES string of the molecule is Cc1ccc(CS(=O)Cc2ccc(C(=O)NCc3ccccc3C)o2)cc1. The number of furan rings is 1. The zero-order valence-corrected chi connectivity index (χ0v) is 16.3. The lowest BCUT2D eigenvalue weighted by Crippen LogP contribution is -2.22. The molecule has 140 valence electrons. The molecule has 0 bridgehead atoms. The molecule has 0 aliphatic heterocycles. The normalized spacial score (nSPS) is 11.9. The quantitative estimate of drug-likeness (QED) is 0.665. The number of hydrogen-bond acceptors (Lipinski definition) is 3. The van der Waals surface area contributed by atoms with E-state index in [-0.39, 0.29) is 11.7 Å². The van der Waals surface area contributed by atoms with Crippen molar-refractivity contribution < 1.29 is 13.4 Å². The van der Waals surface area contributed by atoms with Crippen molar-refractivity contribution in [1.82, 2.24) is 5.32 Å². The molecule has 0 saturated carbocycles. The van der Waals surface area contributed by atoms with Gasteiger partial charge < -0.3 is 9.73 Å². The van der Waals surface area contributed by atoms with E-state index >= 15 is 0 Å². The van der Waals surface area contributed by atoms with E-state index in [1.165, 1.54) is 5.56 Å². The maximum Gasteiger partial charge on any atom is 0.287 e. The van der Waals surface area contributed by atoms with Crippen molar-refractivity contribution in [2.24, 2.45) is 0 Å². The van der Waals surface area contributed by atoms with Gasteiger partial charge >= 0.3 is 0 Å². The smallest absolute Gasteiger partial charge is 0.287 e. The standard InChI is InChI=1S/C22H23NO3S/c1-16-7-9-18(10-8-16)14-27(25)15-20-11-12-21(26-20)22(24)23-13-19-6-4-3-5-17(19)2/h3-12H,13-15H2,1-2H3,(H,23,24). The summed E-state index contributed by atoms with van der Waals surface area (Å²) in [5, 5.41) is 2.86. The summed E-state index contributed by atoms with van der Waals surface area (Å²) in [6.45, 7) is 4.48. The summed E-state index contributed by atoms with van der Waals surface area (Å²) >= 11 is 0. The van der Waals surface area contributed by atoms with Gasteiger partial charge in [0.05, 0.1) is 5.75 Å². The molecule has 0 spiro atoms. The Labute approximate surface area is 162 Å². The van der Waals surface area contributed by atoms with Crippen LogP contribution in [-0.4, -0.2) is 10.1 Å². The van der Waals surface area contributed by atoms with Gasteiger partial charge in [0.2, 0.25) is 0 Å². The highest BCUT2D eigenvalue weighted by Crippen LogP contribution is 2.14. The Kier molecular flexibility index (Phi) is 6.24. The zero-order chi connectivity index (χ0) is 19.2. The molecule has 3 aromatic rings. The van der Waals surface area contributed by atoms with E-state index in [0.717, 1.165) is 16.7 Å². The fraction of sp³-hybridized carbons (Fsp3) is 0.227. The highest BCUT2D eigenvalue weighted by molar-refractivity contribution is 7.83. The Hall–Kier alpha value is -2.66. The molecule has 1 atom stereocenters. The third-order valence-electron chi connectivity index (χ3n) is 4.34. The molecule has 1 N–H and O–H groups in total.